The SMILES string of the molecule is O=C(c1cc2ccccc2[nH]1)N(Cc1ccco1)Cc1ccco1. The predicted molar refractivity (Wildman–Crippen MR) is 89.3 cm³/mol. The number of carbonyl (C=O) groups excluding carboxylic acids is 1. The molecule has 0 radical (unpaired) electrons. The molecule has 0 atom stereocenters. The Morgan fingerprint density at radius 3 is 2.17 bits per heavy atom. The van der Waals surface area contributed by atoms with Crippen LogP contribution in [0.1, 0.15) is 22.0 Å². The fraction of sp³-hybridized carbons (Fsp3) is 0.105. The molecule has 0 aliphatic rings. The lowest BCUT2D eigenvalue weighted by Crippen LogP contribution is -2.30. The minimum Gasteiger partial charge on any atom is -0.467 e. The highest BCUT2D eigenvalue weighted by Gasteiger charge is 2.20. The number of rotatable bonds is 5. The number of carbonyl (C=O) groups is 1. The summed E-state index contributed by atoms with van der Waals surface area (Å²) in [5, 5.41) is 1.01. The smallest absolute Gasteiger partial charge is 0.271 e. The van der Waals surface area contributed by atoms with Crippen molar-refractivity contribution in [2.24, 2.45) is 0 Å². The monoisotopic (exact) mass is 320 g/mol. The van der Waals surface area contributed by atoms with E-state index in [2.05, 4.69) is 4.98 Å². The third-order valence-electron chi connectivity index (χ3n) is 3.90. The largest absolute Gasteiger partial charge is 0.467 e. The van der Waals surface area contributed by atoms with Crippen molar-refractivity contribution in [2.45, 2.75) is 13.1 Å². The van der Waals surface area contributed by atoms with Crippen LogP contribution in [0.25, 0.3) is 10.9 Å². The number of fused-ring (bicyclic) bond motifs is 1. The molecule has 0 saturated carbocycles. The van der Waals surface area contributed by atoms with Crippen LogP contribution in [0.2, 0.25) is 0 Å². The molecule has 5 heteroatoms. The summed E-state index contributed by atoms with van der Waals surface area (Å²) in [6, 6.07) is 17.0. The Bertz CT molecular complexity index is 867. The Balaban J connectivity index is 1.64. The van der Waals surface area contributed by atoms with Crippen LogP contribution < -0.4 is 0 Å². The number of benzene rings is 1. The second-order valence-corrected chi connectivity index (χ2v) is 5.59. The van der Waals surface area contributed by atoms with Crippen molar-refractivity contribution in [2.75, 3.05) is 0 Å². The zero-order valence-electron chi connectivity index (χ0n) is 12.9. The topological polar surface area (TPSA) is 62.4 Å². The molecular formula is C19H16N2O3. The molecule has 1 N–H and O–H groups in total. The van der Waals surface area contributed by atoms with Gasteiger partial charge in [0.05, 0.1) is 25.6 Å². The number of H-pyrrole nitrogens is 1. The lowest BCUT2D eigenvalue weighted by Gasteiger charge is -2.19. The van der Waals surface area contributed by atoms with Gasteiger partial charge in [0.25, 0.3) is 5.91 Å². The molecule has 0 fully saturated rings. The van der Waals surface area contributed by atoms with Gasteiger partial charge in [-0.25, -0.2) is 0 Å². The maximum absolute atomic E-state index is 13.0. The zero-order chi connectivity index (χ0) is 16.4. The van der Waals surface area contributed by atoms with Gasteiger partial charge in [0.1, 0.15) is 17.2 Å². The fourth-order valence-corrected chi connectivity index (χ4v) is 2.74. The van der Waals surface area contributed by atoms with Crippen molar-refractivity contribution >= 4 is 16.8 Å². The summed E-state index contributed by atoms with van der Waals surface area (Å²) >= 11 is 0. The van der Waals surface area contributed by atoms with E-state index in [1.807, 2.05) is 54.6 Å². The summed E-state index contributed by atoms with van der Waals surface area (Å²) in [7, 11) is 0. The molecule has 1 amide bonds. The second-order valence-electron chi connectivity index (χ2n) is 5.59. The summed E-state index contributed by atoms with van der Waals surface area (Å²) in [6.07, 6.45) is 3.21. The zero-order valence-corrected chi connectivity index (χ0v) is 12.9. The van der Waals surface area contributed by atoms with E-state index in [9.17, 15) is 4.79 Å². The number of amides is 1. The molecule has 0 unspecified atom stereocenters. The molecule has 4 rings (SSSR count). The Morgan fingerprint density at radius 1 is 0.917 bits per heavy atom. The Hall–Kier alpha value is -3.21. The lowest BCUT2D eigenvalue weighted by atomic mass is 10.2. The molecule has 4 aromatic rings. The van der Waals surface area contributed by atoms with Crippen molar-refractivity contribution in [1.29, 1.82) is 0 Å². The van der Waals surface area contributed by atoms with E-state index in [0.717, 1.165) is 22.4 Å². The first-order chi connectivity index (χ1) is 11.8. The van der Waals surface area contributed by atoms with Gasteiger partial charge in [-0.1, -0.05) is 18.2 Å². The predicted octanol–water partition coefficient (Wildman–Crippen LogP) is 4.20. The first-order valence-electron chi connectivity index (χ1n) is 7.71. The molecule has 3 aromatic heterocycles. The van der Waals surface area contributed by atoms with E-state index in [1.165, 1.54) is 0 Å². The summed E-state index contributed by atoms with van der Waals surface area (Å²) < 4.78 is 10.8. The van der Waals surface area contributed by atoms with Crippen LogP contribution >= 0.6 is 0 Å². The highest BCUT2D eigenvalue weighted by atomic mass is 16.3. The van der Waals surface area contributed by atoms with Gasteiger partial charge in [-0.05, 0) is 36.4 Å². The minimum absolute atomic E-state index is 0.0981. The average molecular weight is 320 g/mol. The molecule has 120 valence electrons. The molecule has 1 aromatic carbocycles. The highest BCUT2D eigenvalue weighted by molar-refractivity contribution is 5.97. The van der Waals surface area contributed by atoms with Crippen LogP contribution in [0.15, 0.2) is 76.0 Å². The molecule has 0 saturated heterocycles. The maximum Gasteiger partial charge on any atom is 0.271 e. The van der Waals surface area contributed by atoms with Crippen molar-refractivity contribution in [3.05, 3.63) is 84.3 Å². The van der Waals surface area contributed by atoms with Crippen LogP contribution in [0, 0.1) is 0 Å². The number of furan rings is 2. The van der Waals surface area contributed by atoms with Crippen molar-refractivity contribution in [1.82, 2.24) is 9.88 Å². The van der Waals surface area contributed by atoms with Crippen molar-refractivity contribution < 1.29 is 13.6 Å². The minimum atomic E-state index is -0.0981. The van der Waals surface area contributed by atoms with E-state index in [4.69, 9.17) is 8.83 Å². The molecule has 0 aliphatic carbocycles. The average Bonchev–Trinajstić information content (AvgIpc) is 3.34. The number of aromatic nitrogens is 1. The Kier molecular flexibility index (Phi) is 3.67. The normalized spacial score (nSPS) is 11.0. The number of nitrogens with zero attached hydrogens (tertiary/aromatic N) is 1. The summed E-state index contributed by atoms with van der Waals surface area (Å²) in [5.74, 6) is 1.36. The van der Waals surface area contributed by atoms with E-state index >= 15 is 0 Å². The van der Waals surface area contributed by atoms with Crippen LogP contribution in [-0.2, 0) is 13.1 Å². The van der Waals surface area contributed by atoms with Gasteiger partial charge in [-0.2, -0.15) is 0 Å². The number of aromatic amines is 1. The summed E-state index contributed by atoms with van der Waals surface area (Å²) in [6.45, 7) is 0.754. The summed E-state index contributed by atoms with van der Waals surface area (Å²) in [5.41, 5.74) is 1.49. The second kappa shape index (κ2) is 6.12. The van der Waals surface area contributed by atoms with E-state index in [1.54, 1.807) is 17.4 Å². The standard InChI is InChI=1S/C19H16N2O3/c22-19(18-11-14-5-1-2-8-17(14)20-18)21(12-15-6-3-9-23-15)13-16-7-4-10-24-16/h1-11,20H,12-13H2. The van der Waals surface area contributed by atoms with Gasteiger partial charge in [0, 0.05) is 10.9 Å². The number of nitrogens with one attached hydrogen (secondary N) is 1. The molecule has 24 heavy (non-hydrogen) atoms. The highest BCUT2D eigenvalue weighted by Crippen LogP contribution is 2.19. The molecular weight excluding hydrogens is 304 g/mol. The molecule has 0 spiro atoms. The van der Waals surface area contributed by atoms with Crippen LogP contribution in [0.5, 0.6) is 0 Å². The molecule has 3 heterocycles. The van der Waals surface area contributed by atoms with Gasteiger partial charge < -0.3 is 18.7 Å². The first-order valence-corrected chi connectivity index (χ1v) is 7.71. The third kappa shape index (κ3) is 2.84. The lowest BCUT2D eigenvalue weighted by molar-refractivity contribution is 0.0700. The Labute approximate surface area is 138 Å². The van der Waals surface area contributed by atoms with Crippen LogP contribution in [0.4, 0.5) is 0 Å². The molecule has 5 nitrogen and oxygen atoms in total. The van der Waals surface area contributed by atoms with E-state index in [-0.39, 0.29) is 5.91 Å². The van der Waals surface area contributed by atoms with Gasteiger partial charge in [-0.15, -0.1) is 0 Å². The Morgan fingerprint density at radius 2 is 1.58 bits per heavy atom. The van der Waals surface area contributed by atoms with E-state index < -0.39 is 0 Å². The first kappa shape index (κ1) is 14.4. The molecule has 0 bridgehead atoms. The van der Waals surface area contributed by atoms with E-state index in [0.29, 0.717) is 18.8 Å². The van der Waals surface area contributed by atoms with Crippen molar-refractivity contribution in [3.8, 4) is 0 Å². The van der Waals surface area contributed by atoms with Gasteiger partial charge in [-0.3, -0.25) is 4.79 Å². The van der Waals surface area contributed by atoms with Gasteiger partial charge in [0.2, 0.25) is 0 Å². The van der Waals surface area contributed by atoms with Gasteiger partial charge in [0.15, 0.2) is 0 Å². The van der Waals surface area contributed by atoms with Gasteiger partial charge >= 0.3 is 0 Å². The van der Waals surface area contributed by atoms with Crippen LogP contribution in [-0.4, -0.2) is 15.8 Å². The molecule has 0 aliphatic heterocycles. The van der Waals surface area contributed by atoms with Crippen LogP contribution in [0.3, 0.4) is 0 Å². The fourth-order valence-electron chi connectivity index (χ4n) is 2.74. The number of hydrogen-bond acceptors (Lipinski definition) is 3. The quantitative estimate of drug-likeness (QED) is 0.599. The number of para-hydroxylation sites is 1. The van der Waals surface area contributed by atoms with Crippen molar-refractivity contribution in [3.63, 3.8) is 0 Å². The third-order valence-corrected chi connectivity index (χ3v) is 3.90. The maximum atomic E-state index is 13.0. The number of hydrogen-bond donors (Lipinski definition) is 1. The summed E-state index contributed by atoms with van der Waals surface area (Å²) in [4.78, 5) is 17.9.